The van der Waals surface area contributed by atoms with Crippen LogP contribution in [0.5, 0.6) is 5.75 Å². The van der Waals surface area contributed by atoms with Gasteiger partial charge in [0.1, 0.15) is 5.75 Å². The van der Waals surface area contributed by atoms with E-state index in [1.165, 1.54) is 0 Å². The topological polar surface area (TPSA) is 67.4 Å². The van der Waals surface area contributed by atoms with Crippen LogP contribution in [0.2, 0.25) is 0 Å². The largest absolute Gasteiger partial charge is 0.494 e. The van der Waals surface area contributed by atoms with E-state index in [0.29, 0.717) is 30.0 Å². The molecule has 0 unspecified atom stereocenters. The van der Waals surface area contributed by atoms with Gasteiger partial charge in [-0.1, -0.05) is 6.07 Å². The Morgan fingerprint density at radius 2 is 1.70 bits per heavy atom. The van der Waals surface area contributed by atoms with Crippen molar-refractivity contribution in [3.8, 4) is 5.75 Å². The third kappa shape index (κ3) is 4.57. The molecule has 0 spiro atoms. The summed E-state index contributed by atoms with van der Waals surface area (Å²) in [5, 5.41) is 5.51. The number of benzene rings is 2. The Balaban J connectivity index is 2.07. The van der Waals surface area contributed by atoms with Crippen LogP contribution in [-0.4, -0.2) is 25.0 Å². The Kier molecular flexibility index (Phi) is 5.74. The van der Waals surface area contributed by atoms with E-state index in [2.05, 4.69) is 10.6 Å². The lowest BCUT2D eigenvalue weighted by Crippen LogP contribution is -2.22. The van der Waals surface area contributed by atoms with Crippen molar-refractivity contribution >= 4 is 17.5 Å². The molecule has 0 heterocycles. The van der Waals surface area contributed by atoms with E-state index >= 15 is 0 Å². The smallest absolute Gasteiger partial charge is 0.255 e. The number of rotatable bonds is 6. The van der Waals surface area contributed by atoms with E-state index in [9.17, 15) is 9.59 Å². The first kappa shape index (κ1) is 16.5. The van der Waals surface area contributed by atoms with Gasteiger partial charge in [-0.3, -0.25) is 9.59 Å². The fourth-order valence-corrected chi connectivity index (χ4v) is 2.07. The number of hydrogen-bond acceptors (Lipinski definition) is 3. The van der Waals surface area contributed by atoms with Crippen molar-refractivity contribution in [3.05, 3.63) is 59.7 Å². The van der Waals surface area contributed by atoms with E-state index in [4.69, 9.17) is 4.74 Å². The average molecular weight is 312 g/mol. The minimum atomic E-state index is -0.235. The molecule has 23 heavy (non-hydrogen) atoms. The van der Waals surface area contributed by atoms with E-state index in [-0.39, 0.29) is 11.8 Å². The summed E-state index contributed by atoms with van der Waals surface area (Å²) >= 11 is 0. The molecule has 0 saturated carbocycles. The molecule has 2 aromatic rings. The Morgan fingerprint density at radius 1 is 0.957 bits per heavy atom. The summed E-state index contributed by atoms with van der Waals surface area (Å²) in [6.45, 7) is 4.90. The molecule has 0 aliphatic carbocycles. The molecule has 0 fully saturated rings. The number of nitrogens with one attached hydrogen (secondary N) is 2. The molecular formula is C18H20N2O3. The van der Waals surface area contributed by atoms with Gasteiger partial charge in [-0.2, -0.15) is 0 Å². The highest BCUT2D eigenvalue weighted by molar-refractivity contribution is 6.05. The molecule has 0 aliphatic heterocycles. The lowest BCUT2D eigenvalue weighted by Gasteiger charge is -2.08. The molecular weight excluding hydrogens is 292 g/mol. The molecule has 120 valence electrons. The van der Waals surface area contributed by atoms with Crippen molar-refractivity contribution < 1.29 is 14.3 Å². The molecule has 2 aromatic carbocycles. The summed E-state index contributed by atoms with van der Waals surface area (Å²) in [5.41, 5.74) is 1.61. The first-order valence-electron chi connectivity index (χ1n) is 7.56. The maximum atomic E-state index is 12.2. The Bertz CT molecular complexity index is 681. The van der Waals surface area contributed by atoms with Crippen molar-refractivity contribution in [2.24, 2.45) is 0 Å². The molecule has 0 bridgehead atoms. The van der Waals surface area contributed by atoms with Crippen LogP contribution in [-0.2, 0) is 0 Å². The molecule has 2 rings (SSSR count). The van der Waals surface area contributed by atoms with Crippen LogP contribution in [0.4, 0.5) is 5.69 Å². The second-order valence-electron chi connectivity index (χ2n) is 4.85. The van der Waals surface area contributed by atoms with Crippen molar-refractivity contribution in [2.45, 2.75) is 13.8 Å². The monoisotopic (exact) mass is 312 g/mol. The second kappa shape index (κ2) is 7.98. The van der Waals surface area contributed by atoms with Crippen molar-refractivity contribution in [2.75, 3.05) is 18.5 Å². The van der Waals surface area contributed by atoms with E-state index < -0.39 is 0 Å². The van der Waals surface area contributed by atoms with Crippen LogP contribution < -0.4 is 15.4 Å². The highest BCUT2D eigenvalue weighted by Crippen LogP contribution is 2.15. The van der Waals surface area contributed by atoms with E-state index in [0.717, 1.165) is 5.75 Å². The summed E-state index contributed by atoms with van der Waals surface area (Å²) in [7, 11) is 0. The van der Waals surface area contributed by atoms with Gasteiger partial charge in [0, 0.05) is 23.4 Å². The standard InChI is InChI=1S/C18H20N2O3/c1-3-19-17(21)14-6-5-7-15(12-14)20-18(22)13-8-10-16(11-9-13)23-4-2/h5-12H,3-4H2,1-2H3,(H,19,21)(H,20,22). The highest BCUT2D eigenvalue weighted by Gasteiger charge is 2.09. The molecule has 5 nitrogen and oxygen atoms in total. The van der Waals surface area contributed by atoms with Crippen LogP contribution >= 0.6 is 0 Å². The minimum Gasteiger partial charge on any atom is -0.494 e. The molecule has 2 N–H and O–H groups in total. The zero-order valence-electron chi connectivity index (χ0n) is 13.3. The van der Waals surface area contributed by atoms with Crippen LogP contribution in [0.3, 0.4) is 0 Å². The Morgan fingerprint density at radius 3 is 2.35 bits per heavy atom. The summed E-state index contributed by atoms with van der Waals surface area (Å²) in [4.78, 5) is 24.1. The lowest BCUT2D eigenvalue weighted by molar-refractivity contribution is 0.0954. The minimum absolute atomic E-state index is 0.162. The number of carbonyl (C=O) groups is 2. The van der Waals surface area contributed by atoms with Crippen LogP contribution in [0.1, 0.15) is 34.6 Å². The van der Waals surface area contributed by atoms with Crippen LogP contribution in [0.25, 0.3) is 0 Å². The molecule has 2 amide bonds. The molecule has 0 radical (unpaired) electrons. The zero-order valence-corrected chi connectivity index (χ0v) is 13.3. The summed E-state index contributed by atoms with van der Waals surface area (Å²) in [6, 6.07) is 13.7. The first-order chi connectivity index (χ1) is 11.1. The van der Waals surface area contributed by atoms with Gasteiger partial charge in [-0.25, -0.2) is 0 Å². The maximum Gasteiger partial charge on any atom is 0.255 e. The number of anilines is 1. The number of amides is 2. The predicted molar refractivity (Wildman–Crippen MR) is 90.0 cm³/mol. The Hall–Kier alpha value is -2.82. The van der Waals surface area contributed by atoms with Crippen molar-refractivity contribution in [1.29, 1.82) is 0 Å². The zero-order chi connectivity index (χ0) is 16.7. The van der Waals surface area contributed by atoms with Crippen molar-refractivity contribution in [1.82, 2.24) is 5.32 Å². The van der Waals surface area contributed by atoms with Gasteiger partial charge in [-0.05, 0) is 56.3 Å². The summed E-state index contributed by atoms with van der Waals surface area (Å²) in [5.74, 6) is 0.327. The third-order valence-electron chi connectivity index (χ3n) is 3.15. The fraction of sp³-hybridized carbons (Fsp3) is 0.222. The Labute approximate surface area is 135 Å². The van der Waals surface area contributed by atoms with Gasteiger partial charge in [0.2, 0.25) is 0 Å². The molecule has 0 aromatic heterocycles. The fourth-order valence-electron chi connectivity index (χ4n) is 2.07. The molecule has 0 atom stereocenters. The van der Waals surface area contributed by atoms with Crippen LogP contribution in [0, 0.1) is 0 Å². The number of carbonyl (C=O) groups excluding carboxylic acids is 2. The van der Waals surface area contributed by atoms with Gasteiger partial charge in [-0.15, -0.1) is 0 Å². The van der Waals surface area contributed by atoms with Gasteiger partial charge in [0.05, 0.1) is 6.61 Å². The van der Waals surface area contributed by atoms with E-state index in [1.54, 1.807) is 48.5 Å². The van der Waals surface area contributed by atoms with Crippen LogP contribution in [0.15, 0.2) is 48.5 Å². The maximum absolute atomic E-state index is 12.2. The second-order valence-corrected chi connectivity index (χ2v) is 4.85. The van der Waals surface area contributed by atoms with Crippen molar-refractivity contribution in [3.63, 3.8) is 0 Å². The van der Waals surface area contributed by atoms with Gasteiger partial charge in [0.25, 0.3) is 11.8 Å². The number of hydrogen-bond donors (Lipinski definition) is 2. The normalized spacial score (nSPS) is 10.0. The molecule has 0 aliphatic rings. The first-order valence-corrected chi connectivity index (χ1v) is 7.56. The summed E-state index contributed by atoms with van der Waals surface area (Å²) < 4.78 is 5.35. The molecule has 0 saturated heterocycles. The predicted octanol–water partition coefficient (Wildman–Crippen LogP) is 3.09. The summed E-state index contributed by atoms with van der Waals surface area (Å²) in [6.07, 6.45) is 0. The van der Waals surface area contributed by atoms with Gasteiger partial charge < -0.3 is 15.4 Å². The SMILES string of the molecule is CCNC(=O)c1cccc(NC(=O)c2ccc(OCC)cc2)c1. The highest BCUT2D eigenvalue weighted by atomic mass is 16.5. The van der Waals surface area contributed by atoms with Gasteiger partial charge >= 0.3 is 0 Å². The quantitative estimate of drug-likeness (QED) is 0.861. The van der Waals surface area contributed by atoms with Gasteiger partial charge in [0.15, 0.2) is 0 Å². The number of ether oxygens (including phenoxy) is 1. The third-order valence-corrected chi connectivity index (χ3v) is 3.15. The van der Waals surface area contributed by atoms with E-state index in [1.807, 2.05) is 13.8 Å². The molecule has 5 heteroatoms. The lowest BCUT2D eigenvalue weighted by atomic mass is 10.1. The average Bonchev–Trinajstić information content (AvgIpc) is 2.56.